The maximum atomic E-state index is 12.1. The lowest BCUT2D eigenvalue weighted by Crippen LogP contribution is -2.16. The molecule has 0 saturated carbocycles. The lowest BCUT2D eigenvalue weighted by molar-refractivity contribution is 0.947. The van der Waals surface area contributed by atoms with Crippen LogP contribution in [0.1, 0.15) is 5.56 Å². The van der Waals surface area contributed by atoms with E-state index in [-0.39, 0.29) is 11.6 Å². The third-order valence-electron chi connectivity index (χ3n) is 3.10. The first-order valence-corrected chi connectivity index (χ1v) is 6.90. The molecule has 0 unspecified atom stereocenters. The molecule has 0 aliphatic rings. The number of nitrogens with two attached hydrogens (primary N) is 1. The SMILES string of the molecule is Nc1ccccc1-c1nnc(N/N=C\c2ccccc2)[nH]c1=O. The number of hydrazone groups is 1. The summed E-state index contributed by atoms with van der Waals surface area (Å²) in [5, 5.41) is 11.8. The monoisotopic (exact) mass is 306 g/mol. The molecule has 0 aliphatic carbocycles. The number of nitrogens with one attached hydrogen (secondary N) is 2. The second kappa shape index (κ2) is 6.52. The van der Waals surface area contributed by atoms with E-state index < -0.39 is 5.56 Å². The van der Waals surface area contributed by atoms with Crippen LogP contribution in [-0.4, -0.2) is 21.4 Å². The lowest BCUT2D eigenvalue weighted by Gasteiger charge is -2.04. The second-order valence-electron chi connectivity index (χ2n) is 4.72. The van der Waals surface area contributed by atoms with Crippen LogP contribution in [0.5, 0.6) is 0 Å². The van der Waals surface area contributed by atoms with E-state index in [1.807, 2.05) is 30.3 Å². The van der Waals surface area contributed by atoms with Gasteiger partial charge in [-0.25, -0.2) is 5.43 Å². The number of para-hydroxylation sites is 1. The van der Waals surface area contributed by atoms with Crippen molar-refractivity contribution in [2.45, 2.75) is 0 Å². The maximum absolute atomic E-state index is 12.1. The number of aromatic nitrogens is 3. The Hall–Kier alpha value is -3.48. The molecule has 1 aromatic heterocycles. The number of anilines is 2. The van der Waals surface area contributed by atoms with E-state index in [1.54, 1.807) is 30.5 Å². The maximum Gasteiger partial charge on any atom is 0.279 e. The lowest BCUT2D eigenvalue weighted by atomic mass is 10.1. The topological polar surface area (TPSA) is 109 Å². The van der Waals surface area contributed by atoms with E-state index in [1.165, 1.54) is 0 Å². The minimum atomic E-state index is -0.393. The highest BCUT2D eigenvalue weighted by Gasteiger charge is 2.09. The number of H-pyrrole nitrogens is 1. The number of nitrogens with zero attached hydrogens (tertiary/aromatic N) is 3. The van der Waals surface area contributed by atoms with Crippen molar-refractivity contribution >= 4 is 17.9 Å². The van der Waals surface area contributed by atoms with Gasteiger partial charge in [0.15, 0.2) is 5.69 Å². The molecular formula is C16H14N6O. The summed E-state index contributed by atoms with van der Waals surface area (Å²) in [5.74, 6) is 0.153. The summed E-state index contributed by atoms with van der Waals surface area (Å²) in [6.07, 6.45) is 1.61. The Morgan fingerprint density at radius 3 is 2.52 bits per heavy atom. The van der Waals surface area contributed by atoms with Gasteiger partial charge in [0.1, 0.15) is 0 Å². The van der Waals surface area contributed by atoms with E-state index in [0.29, 0.717) is 11.3 Å². The van der Waals surface area contributed by atoms with Gasteiger partial charge in [0, 0.05) is 11.3 Å². The fraction of sp³-hybridized carbons (Fsp3) is 0. The normalized spacial score (nSPS) is 10.8. The molecule has 7 nitrogen and oxygen atoms in total. The summed E-state index contributed by atoms with van der Waals surface area (Å²) in [6, 6.07) is 16.5. The Bertz CT molecular complexity index is 888. The largest absolute Gasteiger partial charge is 0.398 e. The summed E-state index contributed by atoms with van der Waals surface area (Å²) in [6.45, 7) is 0. The molecule has 0 bridgehead atoms. The number of aromatic amines is 1. The fourth-order valence-electron chi connectivity index (χ4n) is 1.98. The van der Waals surface area contributed by atoms with E-state index >= 15 is 0 Å². The van der Waals surface area contributed by atoms with Crippen LogP contribution < -0.4 is 16.7 Å². The Morgan fingerprint density at radius 1 is 1.04 bits per heavy atom. The zero-order valence-corrected chi connectivity index (χ0v) is 12.1. The average molecular weight is 306 g/mol. The number of nitrogen functional groups attached to an aromatic ring is 1. The van der Waals surface area contributed by atoms with Gasteiger partial charge >= 0.3 is 0 Å². The number of hydrogen-bond acceptors (Lipinski definition) is 6. The van der Waals surface area contributed by atoms with Crippen molar-refractivity contribution in [2.75, 3.05) is 11.2 Å². The second-order valence-corrected chi connectivity index (χ2v) is 4.72. The molecule has 0 saturated heterocycles. The molecule has 3 rings (SSSR count). The minimum absolute atomic E-state index is 0.153. The molecule has 0 spiro atoms. The van der Waals surface area contributed by atoms with E-state index in [2.05, 4.69) is 25.7 Å². The Kier molecular flexibility index (Phi) is 4.10. The van der Waals surface area contributed by atoms with Crippen LogP contribution in [0.25, 0.3) is 11.3 Å². The van der Waals surface area contributed by atoms with Crippen LogP contribution in [0.15, 0.2) is 64.5 Å². The number of hydrogen-bond donors (Lipinski definition) is 3. The zero-order chi connectivity index (χ0) is 16.1. The molecule has 7 heteroatoms. The van der Waals surface area contributed by atoms with E-state index in [9.17, 15) is 4.79 Å². The third kappa shape index (κ3) is 3.41. The van der Waals surface area contributed by atoms with Gasteiger partial charge in [-0.2, -0.15) is 5.10 Å². The van der Waals surface area contributed by atoms with Gasteiger partial charge in [-0.1, -0.05) is 48.5 Å². The third-order valence-corrected chi connectivity index (χ3v) is 3.10. The summed E-state index contributed by atoms with van der Waals surface area (Å²) in [5.41, 5.74) is 10.2. The summed E-state index contributed by atoms with van der Waals surface area (Å²) in [7, 11) is 0. The van der Waals surface area contributed by atoms with Crippen LogP contribution in [0, 0.1) is 0 Å². The standard InChI is InChI=1S/C16H14N6O/c17-13-9-5-4-8-12(13)14-15(23)19-16(22-20-14)21-18-10-11-6-2-1-3-7-11/h1-10H,17H2,(H2,19,21,22,23)/b18-10-. The van der Waals surface area contributed by atoms with Gasteiger partial charge in [0.25, 0.3) is 5.56 Å². The first-order chi connectivity index (χ1) is 11.2. The molecule has 0 aliphatic heterocycles. The molecule has 0 amide bonds. The first kappa shape index (κ1) is 14.5. The molecule has 23 heavy (non-hydrogen) atoms. The average Bonchev–Trinajstić information content (AvgIpc) is 2.57. The van der Waals surface area contributed by atoms with Crippen LogP contribution in [0.3, 0.4) is 0 Å². The van der Waals surface area contributed by atoms with Crippen molar-refractivity contribution in [3.63, 3.8) is 0 Å². The number of rotatable bonds is 4. The smallest absolute Gasteiger partial charge is 0.279 e. The molecule has 3 aromatic rings. The molecule has 0 fully saturated rings. The van der Waals surface area contributed by atoms with Crippen molar-refractivity contribution in [3.05, 3.63) is 70.5 Å². The predicted octanol–water partition coefficient (Wildman–Crippen LogP) is 1.86. The first-order valence-electron chi connectivity index (χ1n) is 6.90. The highest BCUT2D eigenvalue weighted by molar-refractivity contribution is 5.79. The Balaban J connectivity index is 1.79. The molecule has 2 aromatic carbocycles. The molecule has 0 radical (unpaired) electrons. The number of benzene rings is 2. The van der Waals surface area contributed by atoms with Gasteiger partial charge in [0.2, 0.25) is 5.95 Å². The molecule has 0 atom stereocenters. The molecule has 1 heterocycles. The van der Waals surface area contributed by atoms with Crippen molar-refractivity contribution in [1.29, 1.82) is 0 Å². The Labute approximate surface area is 131 Å². The van der Waals surface area contributed by atoms with Gasteiger partial charge in [0.05, 0.1) is 6.21 Å². The molecular weight excluding hydrogens is 292 g/mol. The van der Waals surface area contributed by atoms with E-state index in [0.717, 1.165) is 5.56 Å². The highest BCUT2D eigenvalue weighted by atomic mass is 16.1. The van der Waals surface area contributed by atoms with Crippen LogP contribution in [0.2, 0.25) is 0 Å². The van der Waals surface area contributed by atoms with Gasteiger partial charge in [-0.15, -0.1) is 10.2 Å². The molecule has 4 N–H and O–H groups in total. The van der Waals surface area contributed by atoms with Gasteiger partial charge < -0.3 is 5.73 Å². The van der Waals surface area contributed by atoms with Crippen LogP contribution >= 0.6 is 0 Å². The van der Waals surface area contributed by atoms with Crippen molar-refractivity contribution in [2.24, 2.45) is 5.10 Å². The van der Waals surface area contributed by atoms with Crippen molar-refractivity contribution < 1.29 is 0 Å². The predicted molar refractivity (Wildman–Crippen MR) is 90.2 cm³/mol. The van der Waals surface area contributed by atoms with Crippen LogP contribution in [-0.2, 0) is 0 Å². The van der Waals surface area contributed by atoms with Gasteiger partial charge in [-0.3, -0.25) is 9.78 Å². The van der Waals surface area contributed by atoms with Crippen LogP contribution in [0.4, 0.5) is 11.6 Å². The quantitative estimate of drug-likeness (QED) is 0.387. The zero-order valence-electron chi connectivity index (χ0n) is 12.1. The molecule has 114 valence electrons. The van der Waals surface area contributed by atoms with E-state index in [4.69, 9.17) is 5.73 Å². The Morgan fingerprint density at radius 2 is 1.78 bits per heavy atom. The summed E-state index contributed by atoms with van der Waals surface area (Å²) >= 11 is 0. The van der Waals surface area contributed by atoms with Crippen molar-refractivity contribution in [3.8, 4) is 11.3 Å². The van der Waals surface area contributed by atoms with Gasteiger partial charge in [-0.05, 0) is 11.6 Å². The minimum Gasteiger partial charge on any atom is -0.398 e. The summed E-state index contributed by atoms with van der Waals surface area (Å²) < 4.78 is 0. The highest BCUT2D eigenvalue weighted by Crippen LogP contribution is 2.19. The summed E-state index contributed by atoms with van der Waals surface area (Å²) in [4.78, 5) is 14.7. The fourth-order valence-corrected chi connectivity index (χ4v) is 1.98. The van der Waals surface area contributed by atoms with Crippen molar-refractivity contribution in [1.82, 2.24) is 15.2 Å².